The minimum absolute atomic E-state index is 0.0934. The molecule has 1 N–H and O–H groups in total. The zero-order valence-electron chi connectivity index (χ0n) is 16.7. The van der Waals surface area contributed by atoms with Gasteiger partial charge in [0, 0.05) is 0 Å². The Bertz CT molecular complexity index is 368. The Morgan fingerprint density at radius 2 is 1.16 bits per heavy atom. The Morgan fingerprint density at radius 3 is 1.60 bits per heavy atom. The fourth-order valence-electron chi connectivity index (χ4n) is 3.34. The van der Waals surface area contributed by atoms with E-state index in [1.807, 2.05) is 0 Å². The molecular formula is C20H42O4S. The van der Waals surface area contributed by atoms with E-state index in [1.165, 1.54) is 83.5 Å². The predicted octanol–water partition coefficient (Wildman–Crippen LogP) is 6.70. The van der Waals surface area contributed by atoms with E-state index in [0.717, 1.165) is 18.8 Å². The monoisotopic (exact) mass is 378 g/mol. The average Bonchev–Trinajstić information content (AvgIpc) is 2.56. The smallest absolute Gasteiger partial charge is 0.264 e. The molecule has 0 rings (SSSR count). The first-order chi connectivity index (χ1) is 12.0. The van der Waals surface area contributed by atoms with Crippen molar-refractivity contribution in [3.8, 4) is 0 Å². The van der Waals surface area contributed by atoms with Gasteiger partial charge in [-0.25, -0.2) is 4.18 Å². The summed E-state index contributed by atoms with van der Waals surface area (Å²) >= 11 is 0. The van der Waals surface area contributed by atoms with E-state index in [1.54, 1.807) is 0 Å². The summed E-state index contributed by atoms with van der Waals surface area (Å²) < 4.78 is 33.4. The molecule has 0 saturated heterocycles. The maximum absolute atomic E-state index is 10.4. The van der Waals surface area contributed by atoms with Crippen molar-refractivity contribution in [2.45, 2.75) is 117 Å². The quantitative estimate of drug-likeness (QED) is 0.200. The lowest BCUT2D eigenvalue weighted by molar-refractivity contribution is 0.261. The molecule has 0 aliphatic heterocycles. The maximum atomic E-state index is 10.4. The van der Waals surface area contributed by atoms with E-state index in [0.29, 0.717) is 6.42 Å². The van der Waals surface area contributed by atoms with Crippen molar-refractivity contribution in [2.24, 2.45) is 5.92 Å². The third-order valence-electron chi connectivity index (χ3n) is 5.03. The van der Waals surface area contributed by atoms with Gasteiger partial charge < -0.3 is 0 Å². The van der Waals surface area contributed by atoms with Crippen LogP contribution in [-0.2, 0) is 14.6 Å². The van der Waals surface area contributed by atoms with Crippen molar-refractivity contribution in [1.29, 1.82) is 0 Å². The van der Waals surface area contributed by atoms with Crippen molar-refractivity contribution in [3.63, 3.8) is 0 Å². The largest absolute Gasteiger partial charge is 0.397 e. The van der Waals surface area contributed by atoms with E-state index in [9.17, 15) is 8.42 Å². The van der Waals surface area contributed by atoms with Gasteiger partial charge in [-0.05, 0) is 12.3 Å². The number of rotatable bonds is 19. The highest BCUT2D eigenvalue weighted by molar-refractivity contribution is 7.80. The van der Waals surface area contributed by atoms with Crippen molar-refractivity contribution >= 4 is 10.4 Å². The molecule has 0 aromatic rings. The summed E-state index contributed by atoms with van der Waals surface area (Å²) in [4.78, 5) is 0. The summed E-state index contributed by atoms with van der Waals surface area (Å²) in [5.74, 6) is 0.961. The van der Waals surface area contributed by atoms with Crippen LogP contribution in [-0.4, -0.2) is 19.6 Å². The Balaban J connectivity index is 3.21. The average molecular weight is 379 g/mol. The topological polar surface area (TPSA) is 63.6 Å². The van der Waals surface area contributed by atoms with Gasteiger partial charge in [0.05, 0.1) is 6.61 Å². The lowest BCUT2D eigenvalue weighted by Crippen LogP contribution is -2.04. The lowest BCUT2D eigenvalue weighted by Gasteiger charge is -2.13. The van der Waals surface area contributed by atoms with Gasteiger partial charge in [-0.1, -0.05) is 110 Å². The lowest BCUT2D eigenvalue weighted by atomic mass is 9.93. The third-order valence-corrected chi connectivity index (χ3v) is 5.50. The Morgan fingerprint density at radius 1 is 0.720 bits per heavy atom. The van der Waals surface area contributed by atoms with Crippen LogP contribution in [0.1, 0.15) is 117 Å². The molecule has 0 spiro atoms. The molecule has 4 nitrogen and oxygen atoms in total. The normalized spacial score (nSPS) is 13.2. The van der Waals surface area contributed by atoms with E-state index in [4.69, 9.17) is 4.55 Å². The molecule has 1 unspecified atom stereocenters. The second-order valence-electron chi connectivity index (χ2n) is 7.34. The zero-order valence-corrected chi connectivity index (χ0v) is 17.5. The molecule has 0 saturated carbocycles. The van der Waals surface area contributed by atoms with Crippen LogP contribution in [0.4, 0.5) is 0 Å². The maximum Gasteiger partial charge on any atom is 0.397 e. The molecule has 152 valence electrons. The molecule has 1 atom stereocenters. The van der Waals surface area contributed by atoms with Gasteiger partial charge in [-0.15, -0.1) is 0 Å². The van der Waals surface area contributed by atoms with Crippen LogP contribution in [0.2, 0.25) is 0 Å². The molecule has 0 radical (unpaired) electrons. The fourth-order valence-corrected chi connectivity index (χ4v) is 3.66. The molecular weight excluding hydrogens is 336 g/mol. The molecule has 0 aromatic heterocycles. The minimum Gasteiger partial charge on any atom is -0.264 e. The van der Waals surface area contributed by atoms with Gasteiger partial charge in [0.25, 0.3) is 0 Å². The first-order valence-electron chi connectivity index (χ1n) is 10.6. The van der Waals surface area contributed by atoms with Gasteiger partial charge in [-0.3, -0.25) is 4.55 Å². The number of hydrogen-bond acceptors (Lipinski definition) is 3. The van der Waals surface area contributed by atoms with Crippen LogP contribution in [0.5, 0.6) is 0 Å². The fraction of sp³-hybridized carbons (Fsp3) is 1.00. The zero-order chi connectivity index (χ0) is 18.8. The minimum atomic E-state index is -4.25. The van der Waals surface area contributed by atoms with Gasteiger partial charge >= 0.3 is 10.4 Å². The number of unbranched alkanes of at least 4 members (excludes halogenated alkanes) is 11. The highest BCUT2D eigenvalue weighted by Gasteiger charge is 2.05. The first kappa shape index (κ1) is 24.9. The second kappa shape index (κ2) is 17.3. The van der Waals surface area contributed by atoms with Crippen LogP contribution < -0.4 is 0 Å². The summed E-state index contributed by atoms with van der Waals surface area (Å²) in [6, 6.07) is 0. The van der Waals surface area contributed by atoms with E-state index >= 15 is 0 Å². The molecule has 25 heavy (non-hydrogen) atoms. The van der Waals surface area contributed by atoms with E-state index in [-0.39, 0.29) is 6.61 Å². The standard InChI is InChI=1S/C20H42O4S/c1-3-5-17-20(4-2)18-15-13-11-9-7-6-8-10-12-14-16-19-24-25(21,22)23/h20H,3-19H2,1-2H3,(H,21,22,23). The molecule has 0 amide bonds. The van der Waals surface area contributed by atoms with Crippen molar-refractivity contribution < 1.29 is 17.2 Å². The van der Waals surface area contributed by atoms with Crippen LogP contribution in [0.15, 0.2) is 0 Å². The Hall–Kier alpha value is -0.130. The van der Waals surface area contributed by atoms with E-state index < -0.39 is 10.4 Å². The van der Waals surface area contributed by atoms with E-state index in [2.05, 4.69) is 18.0 Å². The Labute approximate surface area is 157 Å². The van der Waals surface area contributed by atoms with Crippen LogP contribution in [0, 0.1) is 5.92 Å². The molecule has 0 fully saturated rings. The highest BCUT2D eigenvalue weighted by atomic mass is 32.3. The second-order valence-corrected chi connectivity index (χ2v) is 8.44. The molecule has 5 heteroatoms. The van der Waals surface area contributed by atoms with Gasteiger partial charge in [0.2, 0.25) is 0 Å². The van der Waals surface area contributed by atoms with Crippen LogP contribution in [0.25, 0.3) is 0 Å². The van der Waals surface area contributed by atoms with Crippen LogP contribution in [0.3, 0.4) is 0 Å². The summed E-state index contributed by atoms with van der Waals surface area (Å²) in [5, 5.41) is 0. The molecule has 0 bridgehead atoms. The Kier molecular flexibility index (Phi) is 17.2. The molecule has 0 aliphatic rings. The molecule has 0 aromatic carbocycles. The van der Waals surface area contributed by atoms with Gasteiger partial charge in [0.1, 0.15) is 0 Å². The molecule has 0 heterocycles. The van der Waals surface area contributed by atoms with Crippen molar-refractivity contribution in [1.82, 2.24) is 0 Å². The number of hydrogen-bond donors (Lipinski definition) is 1. The van der Waals surface area contributed by atoms with Crippen molar-refractivity contribution in [2.75, 3.05) is 6.61 Å². The van der Waals surface area contributed by atoms with Crippen molar-refractivity contribution in [3.05, 3.63) is 0 Å². The summed E-state index contributed by atoms with van der Waals surface area (Å²) in [7, 11) is -4.25. The molecule has 0 aliphatic carbocycles. The highest BCUT2D eigenvalue weighted by Crippen LogP contribution is 2.20. The van der Waals surface area contributed by atoms with Gasteiger partial charge in [0.15, 0.2) is 0 Å². The summed E-state index contributed by atoms with van der Waals surface area (Å²) in [6.07, 6.45) is 20.4. The first-order valence-corrected chi connectivity index (χ1v) is 12.0. The third kappa shape index (κ3) is 20.0. The predicted molar refractivity (Wildman–Crippen MR) is 106 cm³/mol. The SMILES string of the molecule is CCCCC(CC)CCCCCCCCCCCCCOS(=O)(=O)O. The summed E-state index contributed by atoms with van der Waals surface area (Å²) in [6.45, 7) is 4.71. The van der Waals surface area contributed by atoms with Gasteiger partial charge in [-0.2, -0.15) is 8.42 Å². The van der Waals surface area contributed by atoms with Crippen LogP contribution >= 0.6 is 0 Å². The summed E-state index contributed by atoms with van der Waals surface area (Å²) in [5.41, 5.74) is 0.